The van der Waals surface area contributed by atoms with Crippen molar-refractivity contribution in [2.75, 3.05) is 13.7 Å². The molecule has 3 aromatic rings. The highest BCUT2D eigenvalue weighted by Crippen LogP contribution is 2.36. The van der Waals surface area contributed by atoms with Gasteiger partial charge >= 0.3 is 15.6 Å². The minimum Gasteiger partial charge on any atom is -0.461 e. The summed E-state index contributed by atoms with van der Waals surface area (Å²) in [7, 11) is -4.45. The number of alkyl halides is 3. The molecule has 0 aliphatic carbocycles. The Labute approximate surface area is 163 Å². The van der Waals surface area contributed by atoms with E-state index in [-0.39, 0.29) is 16.8 Å². The number of rotatable bonds is 7. The Hall–Kier alpha value is -2.66. The van der Waals surface area contributed by atoms with Crippen LogP contribution in [0, 0.1) is 5.82 Å². The Morgan fingerprint density at radius 1 is 1.21 bits per heavy atom. The van der Waals surface area contributed by atoms with Gasteiger partial charge in [0.15, 0.2) is 17.1 Å². The predicted molar refractivity (Wildman–Crippen MR) is 95.2 cm³/mol. The molecular formula is C18H15F4NO5S. The summed E-state index contributed by atoms with van der Waals surface area (Å²) in [6, 6.07) is 4.97. The number of benzene rings is 1. The van der Waals surface area contributed by atoms with Gasteiger partial charge in [-0.2, -0.15) is 21.6 Å². The normalized spacial score (nSPS) is 12.4. The van der Waals surface area contributed by atoms with E-state index in [2.05, 4.69) is 9.17 Å². The summed E-state index contributed by atoms with van der Waals surface area (Å²) < 4.78 is 90.0. The van der Waals surface area contributed by atoms with Crippen molar-refractivity contribution < 1.29 is 39.3 Å². The average Bonchev–Trinajstić information content (AvgIpc) is 3.10. The largest absolute Gasteiger partial charge is 0.534 e. The zero-order valence-electron chi connectivity index (χ0n) is 15.0. The van der Waals surface area contributed by atoms with Crippen molar-refractivity contribution in [3.8, 4) is 17.0 Å². The van der Waals surface area contributed by atoms with Gasteiger partial charge in [-0.15, -0.1) is 0 Å². The Bertz CT molecular complexity index is 1120. The van der Waals surface area contributed by atoms with E-state index in [1.807, 2.05) is 0 Å². The van der Waals surface area contributed by atoms with Crippen LogP contribution in [0.25, 0.3) is 22.2 Å². The van der Waals surface area contributed by atoms with Crippen LogP contribution in [0.2, 0.25) is 0 Å². The first-order valence-corrected chi connectivity index (χ1v) is 9.69. The van der Waals surface area contributed by atoms with Crippen molar-refractivity contribution in [2.45, 2.75) is 18.3 Å². The van der Waals surface area contributed by atoms with Crippen LogP contribution >= 0.6 is 0 Å². The first-order valence-electron chi connectivity index (χ1n) is 8.28. The van der Waals surface area contributed by atoms with E-state index in [0.717, 1.165) is 12.1 Å². The van der Waals surface area contributed by atoms with E-state index in [1.54, 1.807) is 0 Å². The van der Waals surface area contributed by atoms with Crippen LogP contribution < -0.4 is 4.18 Å². The van der Waals surface area contributed by atoms with Gasteiger partial charge in [-0.05, 0) is 42.7 Å². The van der Waals surface area contributed by atoms with Gasteiger partial charge in [0.05, 0.1) is 6.26 Å². The molecule has 0 bridgehead atoms. The number of hydrogen-bond acceptors (Lipinski definition) is 6. The average molecular weight is 433 g/mol. The van der Waals surface area contributed by atoms with Crippen LogP contribution in [0.4, 0.5) is 17.6 Å². The fourth-order valence-electron chi connectivity index (χ4n) is 2.66. The number of aryl methyl sites for hydroxylation is 1. The Kier molecular flexibility index (Phi) is 5.80. The monoisotopic (exact) mass is 433 g/mol. The molecule has 2 aromatic heterocycles. The number of methoxy groups -OCH3 is 1. The highest BCUT2D eigenvalue weighted by atomic mass is 32.2. The molecular weight excluding hydrogens is 418 g/mol. The van der Waals surface area contributed by atoms with Gasteiger partial charge in [-0.1, -0.05) is 0 Å². The third-order valence-corrected chi connectivity index (χ3v) is 4.95. The molecule has 29 heavy (non-hydrogen) atoms. The lowest BCUT2D eigenvalue weighted by molar-refractivity contribution is -0.0499. The van der Waals surface area contributed by atoms with E-state index in [4.69, 9.17) is 9.15 Å². The van der Waals surface area contributed by atoms with Crippen molar-refractivity contribution in [2.24, 2.45) is 0 Å². The number of fused-ring (bicyclic) bond motifs is 1. The molecule has 1 aromatic carbocycles. The second-order valence-electron chi connectivity index (χ2n) is 6.07. The number of pyridine rings is 1. The molecule has 0 saturated heterocycles. The lowest BCUT2D eigenvalue weighted by atomic mass is 10.1. The second kappa shape index (κ2) is 7.99. The summed E-state index contributed by atoms with van der Waals surface area (Å²) in [4.78, 5) is 4.03. The smallest absolute Gasteiger partial charge is 0.461 e. The molecule has 0 unspecified atom stereocenters. The molecule has 0 aliphatic heterocycles. The van der Waals surface area contributed by atoms with Crippen LogP contribution in [0.5, 0.6) is 5.75 Å². The quantitative estimate of drug-likeness (QED) is 0.237. The summed E-state index contributed by atoms with van der Waals surface area (Å²) in [6.45, 7) is 0.390. The number of aromatic nitrogens is 1. The summed E-state index contributed by atoms with van der Waals surface area (Å²) in [5.74, 6) is -1.43. The molecule has 0 aliphatic rings. The highest BCUT2D eigenvalue weighted by Gasteiger charge is 2.49. The molecule has 0 spiro atoms. The maximum absolute atomic E-state index is 14.2. The number of nitrogens with zero attached hydrogens (tertiary/aromatic N) is 1. The van der Waals surface area contributed by atoms with E-state index in [1.165, 1.54) is 31.7 Å². The molecule has 156 valence electrons. The van der Waals surface area contributed by atoms with Crippen LogP contribution in [0.15, 0.2) is 41.1 Å². The van der Waals surface area contributed by atoms with Crippen molar-refractivity contribution in [3.63, 3.8) is 0 Å². The van der Waals surface area contributed by atoms with Crippen LogP contribution in [-0.4, -0.2) is 32.6 Å². The van der Waals surface area contributed by atoms with Gasteiger partial charge in [0, 0.05) is 30.9 Å². The molecule has 11 heteroatoms. The van der Waals surface area contributed by atoms with Gasteiger partial charge in [-0.25, -0.2) is 4.39 Å². The molecule has 0 fully saturated rings. The van der Waals surface area contributed by atoms with Gasteiger partial charge in [0.1, 0.15) is 5.69 Å². The molecule has 0 atom stereocenters. The van der Waals surface area contributed by atoms with Crippen molar-refractivity contribution in [3.05, 3.63) is 48.1 Å². The maximum atomic E-state index is 14.2. The third kappa shape index (κ3) is 4.51. The van der Waals surface area contributed by atoms with E-state index >= 15 is 0 Å². The fourth-order valence-corrected chi connectivity index (χ4v) is 3.12. The number of furan rings is 1. The van der Waals surface area contributed by atoms with Crippen LogP contribution in [0.3, 0.4) is 0 Å². The lowest BCUT2D eigenvalue weighted by Crippen LogP contribution is -2.28. The van der Waals surface area contributed by atoms with Gasteiger partial charge < -0.3 is 13.3 Å². The molecule has 6 nitrogen and oxygen atoms in total. The maximum Gasteiger partial charge on any atom is 0.534 e. The van der Waals surface area contributed by atoms with E-state index in [0.29, 0.717) is 30.4 Å². The summed E-state index contributed by atoms with van der Waals surface area (Å²) in [5, 5.41) is 0.329. The van der Waals surface area contributed by atoms with Gasteiger partial charge in [-0.3, -0.25) is 4.98 Å². The summed E-state index contributed by atoms with van der Waals surface area (Å²) in [6.07, 6.45) is 3.49. The molecule has 0 N–H and O–H groups in total. The predicted octanol–water partition coefficient (Wildman–Crippen LogP) is 4.44. The summed E-state index contributed by atoms with van der Waals surface area (Å²) >= 11 is 0. The molecule has 3 rings (SSSR count). The topological polar surface area (TPSA) is 78.6 Å². The second-order valence-corrected chi connectivity index (χ2v) is 7.60. The first-order chi connectivity index (χ1) is 13.6. The standard InChI is InChI=1S/C18H15F4NO5S/c1-26-5-2-3-11-7-15(28-29(24,25)18(20,21)22)16(23-10-11)13-8-12-4-6-27-17(12)14(19)9-13/h4,6-10H,2-3,5H2,1H3. The van der Waals surface area contributed by atoms with Crippen LogP contribution in [-0.2, 0) is 21.3 Å². The SMILES string of the molecule is COCCCc1cnc(-c2cc(F)c3occc3c2)c(OS(=O)(=O)C(F)(F)F)c1. The Balaban J connectivity index is 2.09. The molecule has 2 heterocycles. The summed E-state index contributed by atoms with van der Waals surface area (Å²) in [5.41, 5.74) is -5.46. The fraction of sp³-hybridized carbons (Fsp3) is 0.278. The van der Waals surface area contributed by atoms with E-state index in [9.17, 15) is 26.0 Å². The Morgan fingerprint density at radius 3 is 2.66 bits per heavy atom. The van der Waals surface area contributed by atoms with Crippen LogP contribution in [0.1, 0.15) is 12.0 Å². The Morgan fingerprint density at radius 2 is 1.97 bits per heavy atom. The van der Waals surface area contributed by atoms with Crippen molar-refractivity contribution in [1.29, 1.82) is 0 Å². The highest BCUT2D eigenvalue weighted by molar-refractivity contribution is 7.88. The minimum atomic E-state index is -5.94. The number of halogens is 4. The zero-order valence-corrected chi connectivity index (χ0v) is 15.8. The molecule has 0 saturated carbocycles. The van der Waals surface area contributed by atoms with Gasteiger partial charge in [0.25, 0.3) is 0 Å². The minimum absolute atomic E-state index is 0.0345. The lowest BCUT2D eigenvalue weighted by Gasteiger charge is -2.14. The van der Waals surface area contributed by atoms with Crippen molar-refractivity contribution >= 4 is 21.1 Å². The molecule has 0 radical (unpaired) electrons. The zero-order chi connectivity index (χ0) is 21.2. The van der Waals surface area contributed by atoms with Gasteiger partial charge in [0.2, 0.25) is 0 Å². The first kappa shape index (κ1) is 21.1. The number of ether oxygens (including phenoxy) is 1. The van der Waals surface area contributed by atoms with Crippen molar-refractivity contribution in [1.82, 2.24) is 4.98 Å². The molecule has 0 amide bonds. The third-order valence-electron chi connectivity index (χ3n) is 3.99. The number of hydrogen-bond donors (Lipinski definition) is 0. The van der Waals surface area contributed by atoms with E-state index < -0.39 is 27.2 Å².